The van der Waals surface area contributed by atoms with Gasteiger partial charge in [0.15, 0.2) is 5.96 Å². The van der Waals surface area contributed by atoms with E-state index in [0.717, 1.165) is 42.2 Å². The first-order valence-electron chi connectivity index (χ1n) is 8.60. The fraction of sp³-hybridized carbons (Fsp3) is 0.474. The third-order valence-corrected chi connectivity index (χ3v) is 4.26. The molecule has 0 saturated carbocycles. The van der Waals surface area contributed by atoms with Gasteiger partial charge in [0.05, 0.1) is 17.6 Å². The maximum absolute atomic E-state index is 4.69. The monoisotopic (exact) mass is 455 g/mol. The second-order valence-corrected chi connectivity index (χ2v) is 6.04. The predicted molar refractivity (Wildman–Crippen MR) is 118 cm³/mol. The Hall–Kier alpha value is -1.57. The van der Waals surface area contributed by atoms with Crippen LogP contribution in [-0.4, -0.2) is 41.1 Å². The lowest BCUT2D eigenvalue weighted by molar-refractivity contribution is 0.454. The number of allylic oxidation sites excluding steroid dienone is 1. The molecule has 6 heteroatoms. The van der Waals surface area contributed by atoms with Crippen molar-refractivity contribution < 1.29 is 0 Å². The number of guanidine groups is 1. The fourth-order valence-electron chi connectivity index (χ4n) is 2.82. The number of aryl methyl sites for hydroxylation is 1. The van der Waals surface area contributed by atoms with Crippen LogP contribution in [0.25, 0.3) is 11.0 Å². The minimum absolute atomic E-state index is 0. The molecular weight excluding hydrogens is 425 g/mol. The molecule has 1 N–H and O–H groups in total. The van der Waals surface area contributed by atoms with Crippen LogP contribution in [0.2, 0.25) is 0 Å². The molecular formula is C19H30IN5. The lowest BCUT2D eigenvalue weighted by atomic mass is 10.2. The molecule has 0 atom stereocenters. The highest BCUT2D eigenvalue weighted by molar-refractivity contribution is 14.0. The predicted octanol–water partition coefficient (Wildman–Crippen LogP) is 3.94. The Morgan fingerprint density at radius 3 is 2.76 bits per heavy atom. The molecule has 0 aliphatic carbocycles. The number of fused-ring (bicyclic) bond motifs is 1. The first-order valence-corrected chi connectivity index (χ1v) is 8.60. The number of halogens is 1. The number of hydrogen-bond acceptors (Lipinski definition) is 2. The molecule has 0 saturated heterocycles. The maximum Gasteiger partial charge on any atom is 0.193 e. The van der Waals surface area contributed by atoms with Crippen LogP contribution in [0.1, 0.15) is 31.5 Å². The number of imidazole rings is 1. The summed E-state index contributed by atoms with van der Waals surface area (Å²) in [5, 5.41) is 3.42. The van der Waals surface area contributed by atoms with Crippen molar-refractivity contribution in [3.8, 4) is 0 Å². The van der Waals surface area contributed by atoms with Gasteiger partial charge in [-0.3, -0.25) is 4.99 Å². The fourth-order valence-corrected chi connectivity index (χ4v) is 2.82. The van der Waals surface area contributed by atoms with Crippen molar-refractivity contribution in [1.82, 2.24) is 19.8 Å². The van der Waals surface area contributed by atoms with E-state index in [4.69, 9.17) is 4.98 Å². The number of rotatable bonds is 8. The van der Waals surface area contributed by atoms with Crippen molar-refractivity contribution in [3.05, 3.63) is 42.7 Å². The molecule has 0 spiro atoms. The lowest BCUT2D eigenvalue weighted by Gasteiger charge is -2.22. The summed E-state index contributed by atoms with van der Waals surface area (Å²) in [7, 11) is 5.96. The Morgan fingerprint density at radius 2 is 2.08 bits per heavy atom. The zero-order valence-electron chi connectivity index (χ0n) is 15.5. The van der Waals surface area contributed by atoms with Gasteiger partial charge in [-0.2, -0.15) is 0 Å². The van der Waals surface area contributed by atoms with Gasteiger partial charge in [-0.05, 0) is 31.4 Å². The topological polar surface area (TPSA) is 45.4 Å². The number of hydrogen-bond donors (Lipinski definition) is 1. The molecule has 0 aliphatic heterocycles. The summed E-state index contributed by atoms with van der Waals surface area (Å²) in [4.78, 5) is 11.2. The van der Waals surface area contributed by atoms with Crippen LogP contribution >= 0.6 is 24.0 Å². The molecule has 0 unspecified atom stereocenters. The summed E-state index contributed by atoms with van der Waals surface area (Å²) in [6, 6.07) is 8.20. The van der Waals surface area contributed by atoms with Crippen molar-refractivity contribution in [2.45, 2.75) is 32.2 Å². The van der Waals surface area contributed by atoms with Crippen LogP contribution in [0.4, 0.5) is 0 Å². The maximum atomic E-state index is 4.69. The molecule has 5 nitrogen and oxygen atoms in total. The van der Waals surface area contributed by atoms with Crippen molar-refractivity contribution >= 4 is 41.0 Å². The summed E-state index contributed by atoms with van der Waals surface area (Å²) in [6.45, 7) is 5.43. The van der Waals surface area contributed by atoms with E-state index >= 15 is 0 Å². The van der Waals surface area contributed by atoms with E-state index in [1.54, 1.807) is 0 Å². The van der Waals surface area contributed by atoms with E-state index < -0.39 is 0 Å². The highest BCUT2D eigenvalue weighted by Gasteiger charge is 2.09. The SMILES string of the molecule is C=CCCCCCN(C)C(=NC)NCc1nc2ccccc2n1C.I. The molecule has 1 aromatic carbocycles. The van der Waals surface area contributed by atoms with E-state index in [9.17, 15) is 0 Å². The standard InChI is InChI=1S/C19H29N5.HI/c1-5-6-7-8-11-14-23(3)19(20-2)21-15-18-22-16-12-9-10-13-17(16)24(18)4;/h5,9-10,12-13H,1,6-8,11,14-15H2,2-4H3,(H,20,21);1H. The van der Waals surface area contributed by atoms with Crippen LogP contribution in [0.3, 0.4) is 0 Å². The van der Waals surface area contributed by atoms with Crippen LogP contribution in [0.15, 0.2) is 41.9 Å². The summed E-state index contributed by atoms with van der Waals surface area (Å²) in [5.74, 6) is 1.92. The van der Waals surface area contributed by atoms with Gasteiger partial charge in [-0.15, -0.1) is 30.6 Å². The molecule has 2 rings (SSSR count). The largest absolute Gasteiger partial charge is 0.349 e. The van der Waals surface area contributed by atoms with Crippen molar-refractivity contribution in [2.24, 2.45) is 12.0 Å². The normalized spacial score (nSPS) is 11.2. The molecule has 0 bridgehead atoms. The second-order valence-electron chi connectivity index (χ2n) is 6.04. The molecule has 0 aliphatic rings. The molecule has 0 radical (unpaired) electrons. The molecule has 25 heavy (non-hydrogen) atoms. The van der Waals surface area contributed by atoms with Gasteiger partial charge < -0.3 is 14.8 Å². The summed E-state index contributed by atoms with van der Waals surface area (Å²) in [6.07, 6.45) is 6.68. The van der Waals surface area contributed by atoms with Gasteiger partial charge in [0, 0.05) is 27.7 Å². The van der Waals surface area contributed by atoms with Crippen molar-refractivity contribution in [3.63, 3.8) is 0 Å². The quantitative estimate of drug-likeness (QED) is 0.216. The second kappa shape index (κ2) is 11.1. The van der Waals surface area contributed by atoms with E-state index in [1.807, 2.05) is 31.3 Å². The van der Waals surface area contributed by atoms with Gasteiger partial charge in [0.25, 0.3) is 0 Å². The lowest BCUT2D eigenvalue weighted by Crippen LogP contribution is -2.39. The molecule has 2 aromatic rings. The Balaban J connectivity index is 0.00000312. The Labute approximate surface area is 168 Å². The van der Waals surface area contributed by atoms with Crippen LogP contribution in [-0.2, 0) is 13.6 Å². The first-order chi connectivity index (χ1) is 11.7. The van der Waals surface area contributed by atoms with Gasteiger partial charge in [0.1, 0.15) is 5.82 Å². The Bertz CT molecular complexity index is 692. The van der Waals surface area contributed by atoms with E-state index in [2.05, 4.69) is 46.5 Å². The third kappa shape index (κ3) is 6.02. The molecule has 0 fully saturated rings. The van der Waals surface area contributed by atoms with Crippen LogP contribution < -0.4 is 5.32 Å². The number of aliphatic imine (C=N–C) groups is 1. The minimum Gasteiger partial charge on any atom is -0.349 e. The molecule has 1 heterocycles. The first kappa shape index (κ1) is 21.5. The van der Waals surface area contributed by atoms with Crippen LogP contribution in [0.5, 0.6) is 0 Å². The number of aromatic nitrogens is 2. The van der Waals surface area contributed by atoms with Gasteiger partial charge >= 0.3 is 0 Å². The number of nitrogens with zero attached hydrogens (tertiary/aromatic N) is 4. The average molecular weight is 455 g/mol. The Morgan fingerprint density at radius 1 is 1.32 bits per heavy atom. The van der Waals surface area contributed by atoms with E-state index in [0.29, 0.717) is 6.54 Å². The van der Waals surface area contributed by atoms with E-state index in [1.165, 1.54) is 12.8 Å². The number of benzene rings is 1. The van der Waals surface area contributed by atoms with Crippen LogP contribution in [0, 0.1) is 0 Å². The number of nitrogens with one attached hydrogen (secondary N) is 1. The van der Waals surface area contributed by atoms with Crippen molar-refractivity contribution in [2.75, 3.05) is 20.6 Å². The minimum atomic E-state index is 0. The van der Waals surface area contributed by atoms with Gasteiger partial charge in [-0.25, -0.2) is 4.98 Å². The number of para-hydroxylation sites is 2. The molecule has 0 amide bonds. The molecule has 1 aromatic heterocycles. The van der Waals surface area contributed by atoms with E-state index in [-0.39, 0.29) is 24.0 Å². The highest BCUT2D eigenvalue weighted by Crippen LogP contribution is 2.14. The summed E-state index contributed by atoms with van der Waals surface area (Å²) >= 11 is 0. The number of unbranched alkanes of at least 4 members (excludes halogenated alkanes) is 3. The molecule has 138 valence electrons. The third-order valence-electron chi connectivity index (χ3n) is 4.26. The summed E-state index contributed by atoms with van der Waals surface area (Å²) < 4.78 is 2.13. The average Bonchev–Trinajstić information content (AvgIpc) is 2.92. The van der Waals surface area contributed by atoms with Gasteiger partial charge in [0.2, 0.25) is 0 Å². The zero-order chi connectivity index (χ0) is 17.4. The zero-order valence-corrected chi connectivity index (χ0v) is 17.9. The smallest absolute Gasteiger partial charge is 0.193 e. The summed E-state index contributed by atoms with van der Waals surface area (Å²) in [5.41, 5.74) is 2.18. The Kier molecular flexibility index (Phi) is 9.55. The van der Waals surface area contributed by atoms with Gasteiger partial charge in [-0.1, -0.05) is 24.6 Å². The van der Waals surface area contributed by atoms with Crippen molar-refractivity contribution in [1.29, 1.82) is 0 Å². The highest BCUT2D eigenvalue weighted by atomic mass is 127.